The number of piperazine rings is 1. The monoisotopic (exact) mass is 282 g/mol. The predicted molar refractivity (Wildman–Crippen MR) is 72.0 cm³/mol. The molecule has 2 N–H and O–H groups in total. The molecule has 0 spiro atoms. The first-order valence-electron chi connectivity index (χ1n) is 7.39. The van der Waals surface area contributed by atoms with Gasteiger partial charge in [-0.3, -0.25) is 14.4 Å². The van der Waals surface area contributed by atoms with Gasteiger partial charge in [-0.15, -0.1) is 0 Å². The fourth-order valence-electron chi connectivity index (χ4n) is 3.11. The van der Waals surface area contributed by atoms with Gasteiger partial charge in [0.1, 0.15) is 6.04 Å². The Hall–Kier alpha value is -1.59. The maximum Gasteiger partial charge on any atom is 0.305 e. The standard InChI is InChI=1S/C14H22N2O4/c17-12(18)9-11-13(19)15-7-8-16(11)14(20)10-5-3-1-2-4-6-10/h10-11H,1-9H2,(H,15,19)(H,17,18). The van der Waals surface area contributed by atoms with E-state index in [2.05, 4.69) is 5.32 Å². The summed E-state index contributed by atoms with van der Waals surface area (Å²) < 4.78 is 0. The Labute approximate surface area is 118 Å². The van der Waals surface area contributed by atoms with E-state index in [0.29, 0.717) is 13.1 Å². The summed E-state index contributed by atoms with van der Waals surface area (Å²) in [7, 11) is 0. The van der Waals surface area contributed by atoms with Gasteiger partial charge in [-0.2, -0.15) is 0 Å². The normalized spacial score (nSPS) is 24.9. The lowest BCUT2D eigenvalue weighted by Gasteiger charge is -2.36. The van der Waals surface area contributed by atoms with Gasteiger partial charge in [0.15, 0.2) is 0 Å². The first-order chi connectivity index (χ1) is 9.59. The third kappa shape index (κ3) is 3.49. The van der Waals surface area contributed by atoms with E-state index in [0.717, 1.165) is 38.5 Å². The Balaban J connectivity index is 2.07. The maximum atomic E-state index is 12.6. The lowest BCUT2D eigenvalue weighted by atomic mass is 9.96. The number of hydrogen-bond donors (Lipinski definition) is 2. The van der Waals surface area contributed by atoms with Crippen molar-refractivity contribution in [3.05, 3.63) is 0 Å². The smallest absolute Gasteiger partial charge is 0.305 e. The number of carbonyl (C=O) groups is 3. The van der Waals surface area contributed by atoms with Gasteiger partial charge >= 0.3 is 5.97 Å². The van der Waals surface area contributed by atoms with E-state index in [1.807, 2.05) is 0 Å². The van der Waals surface area contributed by atoms with Crippen LogP contribution in [0.15, 0.2) is 0 Å². The lowest BCUT2D eigenvalue weighted by molar-refractivity contribution is -0.150. The van der Waals surface area contributed by atoms with Gasteiger partial charge in [-0.05, 0) is 12.8 Å². The highest BCUT2D eigenvalue weighted by Crippen LogP contribution is 2.26. The van der Waals surface area contributed by atoms with Gasteiger partial charge in [0, 0.05) is 19.0 Å². The Bertz CT molecular complexity index is 389. The van der Waals surface area contributed by atoms with Crippen LogP contribution in [0.2, 0.25) is 0 Å². The van der Waals surface area contributed by atoms with Crippen molar-refractivity contribution in [1.82, 2.24) is 10.2 Å². The summed E-state index contributed by atoms with van der Waals surface area (Å²) in [5.41, 5.74) is 0. The van der Waals surface area contributed by atoms with Gasteiger partial charge in [-0.25, -0.2) is 0 Å². The van der Waals surface area contributed by atoms with E-state index in [9.17, 15) is 14.4 Å². The highest BCUT2D eigenvalue weighted by molar-refractivity contribution is 5.92. The van der Waals surface area contributed by atoms with Gasteiger partial charge in [0.05, 0.1) is 6.42 Å². The predicted octanol–water partition coefficient (Wildman–Crippen LogP) is 0.758. The Kier molecular flexibility index (Phi) is 4.98. The van der Waals surface area contributed by atoms with E-state index in [-0.39, 0.29) is 24.2 Å². The number of hydrogen-bond acceptors (Lipinski definition) is 3. The molecule has 0 aromatic carbocycles. The molecule has 2 fully saturated rings. The quantitative estimate of drug-likeness (QED) is 0.748. The zero-order valence-corrected chi connectivity index (χ0v) is 11.6. The minimum atomic E-state index is -1.05. The minimum absolute atomic E-state index is 0.0343. The number of nitrogens with zero attached hydrogens (tertiary/aromatic N) is 1. The van der Waals surface area contributed by atoms with Gasteiger partial charge < -0.3 is 15.3 Å². The molecule has 6 nitrogen and oxygen atoms in total. The van der Waals surface area contributed by atoms with Crippen molar-refractivity contribution >= 4 is 17.8 Å². The molecule has 6 heteroatoms. The van der Waals surface area contributed by atoms with Crippen LogP contribution in [0.5, 0.6) is 0 Å². The van der Waals surface area contributed by atoms with Crippen LogP contribution in [0.25, 0.3) is 0 Å². The summed E-state index contributed by atoms with van der Waals surface area (Å²) in [4.78, 5) is 36.8. The van der Waals surface area contributed by atoms with Crippen molar-refractivity contribution in [2.75, 3.05) is 13.1 Å². The van der Waals surface area contributed by atoms with E-state index < -0.39 is 12.0 Å². The zero-order valence-electron chi connectivity index (χ0n) is 11.6. The molecule has 1 heterocycles. The second kappa shape index (κ2) is 6.72. The number of carboxylic acids is 1. The molecule has 2 amide bonds. The van der Waals surface area contributed by atoms with E-state index >= 15 is 0 Å². The molecule has 0 bridgehead atoms. The third-order valence-electron chi connectivity index (χ3n) is 4.19. The minimum Gasteiger partial charge on any atom is -0.481 e. The fourth-order valence-corrected chi connectivity index (χ4v) is 3.11. The molecule has 2 rings (SSSR count). The molecule has 1 aliphatic carbocycles. The largest absolute Gasteiger partial charge is 0.481 e. The second-order valence-corrected chi connectivity index (χ2v) is 5.62. The van der Waals surface area contributed by atoms with E-state index in [4.69, 9.17) is 5.11 Å². The number of carboxylic acid groups (broad SMARTS) is 1. The van der Waals surface area contributed by atoms with Crippen LogP contribution in [-0.2, 0) is 14.4 Å². The van der Waals surface area contributed by atoms with Gasteiger partial charge in [0.25, 0.3) is 0 Å². The van der Waals surface area contributed by atoms with Gasteiger partial charge in [0.2, 0.25) is 11.8 Å². The summed E-state index contributed by atoms with van der Waals surface area (Å²) in [6.07, 6.45) is 5.80. The van der Waals surface area contributed by atoms with Crippen LogP contribution < -0.4 is 5.32 Å². The number of aliphatic carboxylic acids is 1. The summed E-state index contributed by atoms with van der Waals surface area (Å²) in [5.74, 6) is -1.47. The molecule has 112 valence electrons. The third-order valence-corrected chi connectivity index (χ3v) is 4.19. The zero-order chi connectivity index (χ0) is 14.5. The number of amides is 2. The highest BCUT2D eigenvalue weighted by Gasteiger charge is 2.37. The van der Waals surface area contributed by atoms with E-state index in [1.165, 1.54) is 4.90 Å². The molecule has 1 aliphatic heterocycles. The molecular formula is C14H22N2O4. The van der Waals surface area contributed by atoms with E-state index in [1.54, 1.807) is 0 Å². The number of carbonyl (C=O) groups excluding carboxylic acids is 2. The summed E-state index contributed by atoms with van der Waals surface area (Å²) in [6.45, 7) is 0.826. The molecule has 0 radical (unpaired) electrons. The molecule has 0 aromatic rings. The molecule has 1 unspecified atom stereocenters. The molecule has 20 heavy (non-hydrogen) atoms. The summed E-state index contributed by atoms with van der Waals surface area (Å²) in [6, 6.07) is -0.850. The summed E-state index contributed by atoms with van der Waals surface area (Å²) in [5, 5.41) is 11.6. The van der Waals surface area contributed by atoms with Crippen LogP contribution in [0.1, 0.15) is 44.9 Å². The Morgan fingerprint density at radius 2 is 1.85 bits per heavy atom. The van der Waals surface area contributed by atoms with Crippen LogP contribution >= 0.6 is 0 Å². The SMILES string of the molecule is O=C(O)CC1C(=O)NCCN1C(=O)C1CCCCCC1. The van der Waals surface area contributed by atoms with Crippen molar-refractivity contribution in [1.29, 1.82) is 0 Å². The van der Waals surface area contributed by atoms with Crippen molar-refractivity contribution in [3.63, 3.8) is 0 Å². The van der Waals surface area contributed by atoms with Crippen molar-refractivity contribution < 1.29 is 19.5 Å². The number of rotatable bonds is 3. The first kappa shape index (κ1) is 14.8. The molecule has 1 saturated heterocycles. The number of nitrogens with one attached hydrogen (secondary N) is 1. The fraction of sp³-hybridized carbons (Fsp3) is 0.786. The second-order valence-electron chi connectivity index (χ2n) is 5.62. The molecule has 2 aliphatic rings. The lowest BCUT2D eigenvalue weighted by Crippen LogP contribution is -2.58. The van der Waals surface area contributed by atoms with Gasteiger partial charge in [-0.1, -0.05) is 25.7 Å². The van der Waals surface area contributed by atoms with Crippen LogP contribution in [0.3, 0.4) is 0 Å². The van der Waals surface area contributed by atoms with Crippen LogP contribution in [0, 0.1) is 5.92 Å². The van der Waals surface area contributed by atoms with Crippen LogP contribution in [0.4, 0.5) is 0 Å². The molecule has 0 aromatic heterocycles. The summed E-state index contributed by atoms with van der Waals surface area (Å²) >= 11 is 0. The molecule has 1 saturated carbocycles. The average Bonchev–Trinajstić information content (AvgIpc) is 2.69. The topological polar surface area (TPSA) is 86.7 Å². The molecule has 1 atom stereocenters. The first-order valence-corrected chi connectivity index (χ1v) is 7.39. The highest BCUT2D eigenvalue weighted by atomic mass is 16.4. The van der Waals surface area contributed by atoms with Crippen molar-refractivity contribution in [2.45, 2.75) is 51.0 Å². The van der Waals surface area contributed by atoms with Crippen molar-refractivity contribution in [3.8, 4) is 0 Å². The Morgan fingerprint density at radius 3 is 2.45 bits per heavy atom. The van der Waals surface area contributed by atoms with Crippen LogP contribution in [-0.4, -0.2) is 46.9 Å². The average molecular weight is 282 g/mol. The Morgan fingerprint density at radius 1 is 1.20 bits per heavy atom. The van der Waals surface area contributed by atoms with Crippen molar-refractivity contribution in [2.24, 2.45) is 5.92 Å². The molecular weight excluding hydrogens is 260 g/mol. The maximum absolute atomic E-state index is 12.6.